The van der Waals surface area contributed by atoms with E-state index >= 15 is 0 Å². The number of halogens is 1. The fraction of sp³-hybridized carbons (Fsp3) is 0.429. The minimum absolute atomic E-state index is 0.0229. The maximum atomic E-state index is 12.7. The van der Waals surface area contributed by atoms with E-state index in [9.17, 15) is 14.0 Å². The number of carbonyl (C=O) groups is 2. The van der Waals surface area contributed by atoms with Crippen molar-refractivity contribution in [2.45, 2.75) is 33.0 Å². The van der Waals surface area contributed by atoms with Gasteiger partial charge in [0.1, 0.15) is 24.6 Å². The van der Waals surface area contributed by atoms with E-state index in [2.05, 4.69) is 5.32 Å². The van der Waals surface area contributed by atoms with Gasteiger partial charge in [-0.05, 0) is 38.5 Å². The summed E-state index contributed by atoms with van der Waals surface area (Å²) < 4.78 is 22.5. The monoisotopic (exact) mass is 283 g/mol. The standard InChI is InChI=1S/C14H18FNO4/c1-14(2,3)20-13(18)16-8-12(17)19-9-10-4-6-11(15)7-5-10/h4-7H,8-9H2,1-3H3,(H,16,18). The lowest BCUT2D eigenvalue weighted by atomic mass is 10.2. The van der Waals surface area contributed by atoms with Crippen LogP contribution in [0.2, 0.25) is 0 Å². The number of esters is 1. The second-order valence-electron chi connectivity index (χ2n) is 5.14. The molecule has 0 radical (unpaired) electrons. The summed E-state index contributed by atoms with van der Waals surface area (Å²) in [5.74, 6) is -0.952. The lowest BCUT2D eigenvalue weighted by Crippen LogP contribution is -2.36. The van der Waals surface area contributed by atoms with E-state index in [4.69, 9.17) is 9.47 Å². The molecule has 0 atom stereocenters. The molecule has 1 aromatic carbocycles. The highest BCUT2D eigenvalue weighted by atomic mass is 19.1. The molecule has 0 saturated heterocycles. The third-order valence-corrected chi connectivity index (χ3v) is 2.09. The average Bonchev–Trinajstić information content (AvgIpc) is 2.33. The molecule has 110 valence electrons. The zero-order valence-electron chi connectivity index (χ0n) is 11.7. The Kier molecular flexibility index (Phi) is 5.49. The van der Waals surface area contributed by atoms with Gasteiger partial charge in [0.2, 0.25) is 0 Å². The van der Waals surface area contributed by atoms with E-state index in [0.29, 0.717) is 5.56 Å². The number of rotatable bonds is 4. The van der Waals surface area contributed by atoms with Gasteiger partial charge in [0.15, 0.2) is 0 Å². The summed E-state index contributed by atoms with van der Waals surface area (Å²) in [6.07, 6.45) is -0.684. The zero-order valence-corrected chi connectivity index (χ0v) is 11.7. The van der Waals surface area contributed by atoms with Crippen molar-refractivity contribution in [3.63, 3.8) is 0 Å². The van der Waals surface area contributed by atoms with Gasteiger partial charge in [-0.15, -0.1) is 0 Å². The van der Waals surface area contributed by atoms with Crippen LogP contribution in [0.3, 0.4) is 0 Å². The molecule has 0 fully saturated rings. The number of ether oxygens (including phenoxy) is 2. The lowest BCUT2D eigenvalue weighted by Gasteiger charge is -2.19. The molecule has 6 heteroatoms. The average molecular weight is 283 g/mol. The normalized spacial score (nSPS) is 10.8. The Morgan fingerprint density at radius 2 is 1.80 bits per heavy atom. The minimum Gasteiger partial charge on any atom is -0.460 e. The van der Waals surface area contributed by atoms with Crippen LogP contribution < -0.4 is 5.32 Å². The predicted molar refractivity (Wildman–Crippen MR) is 70.4 cm³/mol. The zero-order chi connectivity index (χ0) is 15.2. The summed E-state index contributed by atoms with van der Waals surface area (Å²) in [5, 5.41) is 2.29. The molecule has 0 unspecified atom stereocenters. The van der Waals surface area contributed by atoms with Crippen LogP contribution in [-0.4, -0.2) is 24.2 Å². The van der Waals surface area contributed by atoms with Crippen molar-refractivity contribution < 1.29 is 23.5 Å². The topological polar surface area (TPSA) is 64.6 Å². The van der Waals surface area contributed by atoms with Crippen LogP contribution >= 0.6 is 0 Å². The largest absolute Gasteiger partial charge is 0.460 e. The van der Waals surface area contributed by atoms with Crippen molar-refractivity contribution in [3.8, 4) is 0 Å². The highest BCUT2D eigenvalue weighted by molar-refractivity contribution is 5.77. The van der Waals surface area contributed by atoms with Crippen LogP contribution in [0.25, 0.3) is 0 Å². The van der Waals surface area contributed by atoms with Gasteiger partial charge in [0.25, 0.3) is 0 Å². The van der Waals surface area contributed by atoms with Gasteiger partial charge in [-0.25, -0.2) is 9.18 Å². The fourth-order valence-electron chi connectivity index (χ4n) is 1.25. The number of carbonyl (C=O) groups excluding carboxylic acids is 2. The number of amides is 1. The number of alkyl carbamates (subject to hydrolysis) is 1. The minimum atomic E-state index is -0.684. The molecule has 1 rings (SSSR count). The van der Waals surface area contributed by atoms with Crippen molar-refractivity contribution in [2.75, 3.05) is 6.54 Å². The Morgan fingerprint density at radius 1 is 1.20 bits per heavy atom. The first-order valence-corrected chi connectivity index (χ1v) is 6.13. The predicted octanol–water partition coefficient (Wildman–Crippen LogP) is 2.39. The highest BCUT2D eigenvalue weighted by Crippen LogP contribution is 2.06. The van der Waals surface area contributed by atoms with Gasteiger partial charge in [-0.1, -0.05) is 12.1 Å². The van der Waals surface area contributed by atoms with Crippen molar-refractivity contribution in [1.29, 1.82) is 0 Å². The Labute approximate surface area is 117 Å². The van der Waals surface area contributed by atoms with Crippen molar-refractivity contribution in [3.05, 3.63) is 35.6 Å². The van der Waals surface area contributed by atoms with Crippen molar-refractivity contribution >= 4 is 12.1 Å². The van der Waals surface area contributed by atoms with Crippen LogP contribution in [0, 0.1) is 5.82 Å². The Morgan fingerprint density at radius 3 is 2.35 bits per heavy atom. The van der Waals surface area contributed by atoms with E-state index in [1.54, 1.807) is 20.8 Å². The molecule has 0 heterocycles. The highest BCUT2D eigenvalue weighted by Gasteiger charge is 2.16. The molecule has 0 aliphatic rings. The third-order valence-electron chi connectivity index (χ3n) is 2.09. The molecule has 5 nitrogen and oxygen atoms in total. The van der Waals surface area contributed by atoms with E-state index in [0.717, 1.165) is 0 Å². The first-order chi connectivity index (χ1) is 9.26. The van der Waals surface area contributed by atoms with Gasteiger partial charge >= 0.3 is 12.1 Å². The van der Waals surface area contributed by atoms with E-state index < -0.39 is 17.7 Å². The summed E-state index contributed by atoms with van der Waals surface area (Å²) >= 11 is 0. The summed E-state index contributed by atoms with van der Waals surface area (Å²) in [6, 6.07) is 5.60. The maximum absolute atomic E-state index is 12.7. The summed E-state index contributed by atoms with van der Waals surface area (Å²) in [7, 11) is 0. The van der Waals surface area contributed by atoms with Gasteiger partial charge in [0.05, 0.1) is 0 Å². The van der Waals surface area contributed by atoms with Gasteiger partial charge in [0, 0.05) is 0 Å². The summed E-state index contributed by atoms with van der Waals surface area (Å²) in [6.45, 7) is 4.91. The second-order valence-corrected chi connectivity index (χ2v) is 5.14. The van der Waals surface area contributed by atoms with Crippen LogP contribution in [0.4, 0.5) is 9.18 Å². The van der Waals surface area contributed by atoms with Crippen LogP contribution in [0.1, 0.15) is 26.3 Å². The molecule has 1 N–H and O–H groups in total. The van der Waals surface area contributed by atoms with Gasteiger partial charge < -0.3 is 14.8 Å². The molecule has 0 aromatic heterocycles. The molecular formula is C14H18FNO4. The summed E-state index contributed by atoms with van der Waals surface area (Å²) in [4.78, 5) is 22.7. The molecular weight excluding hydrogens is 265 g/mol. The molecule has 20 heavy (non-hydrogen) atoms. The first kappa shape index (κ1) is 15.9. The third kappa shape index (κ3) is 6.72. The van der Waals surface area contributed by atoms with Crippen molar-refractivity contribution in [1.82, 2.24) is 5.32 Å². The van der Waals surface area contributed by atoms with Gasteiger partial charge in [-0.3, -0.25) is 4.79 Å². The quantitative estimate of drug-likeness (QED) is 0.862. The lowest BCUT2D eigenvalue weighted by molar-refractivity contribution is -0.143. The van der Waals surface area contributed by atoms with Crippen LogP contribution in [-0.2, 0) is 20.9 Å². The second kappa shape index (κ2) is 6.88. The Bertz CT molecular complexity index is 465. The van der Waals surface area contributed by atoms with Crippen LogP contribution in [0.15, 0.2) is 24.3 Å². The number of nitrogens with one attached hydrogen (secondary N) is 1. The van der Waals surface area contributed by atoms with E-state index in [1.807, 2.05) is 0 Å². The molecule has 0 saturated carbocycles. The SMILES string of the molecule is CC(C)(C)OC(=O)NCC(=O)OCc1ccc(F)cc1. The molecule has 0 aliphatic carbocycles. The Balaban J connectivity index is 2.27. The first-order valence-electron chi connectivity index (χ1n) is 6.13. The molecule has 1 aromatic rings. The number of hydrogen-bond acceptors (Lipinski definition) is 4. The van der Waals surface area contributed by atoms with E-state index in [-0.39, 0.29) is 19.0 Å². The molecule has 0 spiro atoms. The van der Waals surface area contributed by atoms with Crippen molar-refractivity contribution in [2.24, 2.45) is 0 Å². The number of benzene rings is 1. The maximum Gasteiger partial charge on any atom is 0.408 e. The molecule has 0 aliphatic heterocycles. The smallest absolute Gasteiger partial charge is 0.408 e. The molecule has 1 amide bonds. The Hall–Kier alpha value is -2.11. The fourth-order valence-corrected chi connectivity index (χ4v) is 1.25. The van der Waals surface area contributed by atoms with Gasteiger partial charge in [-0.2, -0.15) is 0 Å². The van der Waals surface area contributed by atoms with Crippen LogP contribution in [0.5, 0.6) is 0 Å². The molecule has 0 bridgehead atoms. The number of hydrogen-bond donors (Lipinski definition) is 1. The summed E-state index contributed by atoms with van der Waals surface area (Å²) in [5.41, 5.74) is 0.0410. The van der Waals surface area contributed by atoms with E-state index in [1.165, 1.54) is 24.3 Å².